The number of ether oxygens (including phenoxy) is 1. The van der Waals surface area contributed by atoms with Crippen LogP contribution >= 0.6 is 0 Å². The van der Waals surface area contributed by atoms with Crippen LogP contribution in [0.15, 0.2) is 24.3 Å². The first-order chi connectivity index (χ1) is 10.1. The molecule has 0 heterocycles. The molecule has 21 heavy (non-hydrogen) atoms. The fourth-order valence-corrected chi connectivity index (χ4v) is 3.81. The van der Waals surface area contributed by atoms with Crippen LogP contribution < -0.4 is 4.74 Å². The van der Waals surface area contributed by atoms with E-state index in [0.717, 1.165) is 18.3 Å². The molecule has 1 nitrogen and oxygen atoms in total. The van der Waals surface area contributed by atoms with E-state index in [1.165, 1.54) is 56.9 Å². The van der Waals surface area contributed by atoms with E-state index in [-0.39, 0.29) is 0 Å². The third-order valence-electron chi connectivity index (χ3n) is 5.24. The Morgan fingerprint density at radius 2 is 1.76 bits per heavy atom. The Bertz CT molecular complexity index is 398. The lowest BCUT2D eigenvalue weighted by Gasteiger charge is -2.37. The van der Waals surface area contributed by atoms with Crippen molar-refractivity contribution in [2.24, 2.45) is 11.3 Å². The summed E-state index contributed by atoms with van der Waals surface area (Å²) in [6.45, 7) is 7.60. The average Bonchev–Trinajstić information content (AvgIpc) is 2.49. The van der Waals surface area contributed by atoms with Crippen LogP contribution in [0.5, 0.6) is 5.75 Å². The quantitative estimate of drug-likeness (QED) is 0.596. The standard InChI is InChI=1S/C20H32O/c1-4-14-20(3)15-12-18(13-16-20)7-6-17-8-10-19(11-9-17)21-5-2/h8-11,18H,4-7,12-16H2,1-3H3/t18-,20+. The van der Waals surface area contributed by atoms with E-state index in [9.17, 15) is 0 Å². The van der Waals surface area contributed by atoms with Gasteiger partial charge in [0.05, 0.1) is 6.61 Å². The van der Waals surface area contributed by atoms with Crippen LogP contribution in [-0.4, -0.2) is 6.61 Å². The van der Waals surface area contributed by atoms with Gasteiger partial charge in [-0.1, -0.05) is 32.4 Å². The van der Waals surface area contributed by atoms with Crippen molar-refractivity contribution in [1.82, 2.24) is 0 Å². The molecular formula is C20H32O. The summed E-state index contributed by atoms with van der Waals surface area (Å²) in [5.41, 5.74) is 2.10. The maximum Gasteiger partial charge on any atom is 0.119 e. The van der Waals surface area contributed by atoms with E-state index in [2.05, 4.69) is 38.1 Å². The Morgan fingerprint density at radius 1 is 1.10 bits per heavy atom. The highest BCUT2D eigenvalue weighted by Gasteiger charge is 2.29. The van der Waals surface area contributed by atoms with Gasteiger partial charge in [-0.2, -0.15) is 0 Å². The average molecular weight is 288 g/mol. The summed E-state index contributed by atoms with van der Waals surface area (Å²) < 4.78 is 5.50. The zero-order chi connectivity index (χ0) is 15.1. The van der Waals surface area contributed by atoms with Crippen LogP contribution in [0, 0.1) is 11.3 Å². The zero-order valence-corrected chi connectivity index (χ0v) is 14.2. The molecule has 0 radical (unpaired) electrons. The molecule has 1 aliphatic rings. The summed E-state index contributed by atoms with van der Waals surface area (Å²) in [4.78, 5) is 0. The molecule has 1 heteroatoms. The van der Waals surface area contributed by atoms with Crippen molar-refractivity contribution in [2.75, 3.05) is 6.61 Å². The molecule has 2 rings (SSSR count). The van der Waals surface area contributed by atoms with Crippen LogP contribution in [0.3, 0.4) is 0 Å². The van der Waals surface area contributed by atoms with Crippen molar-refractivity contribution in [1.29, 1.82) is 0 Å². The van der Waals surface area contributed by atoms with Gasteiger partial charge < -0.3 is 4.74 Å². The van der Waals surface area contributed by atoms with E-state index in [0.29, 0.717) is 5.41 Å². The molecule has 0 bridgehead atoms. The molecule has 0 aromatic heterocycles. The Morgan fingerprint density at radius 3 is 2.33 bits per heavy atom. The van der Waals surface area contributed by atoms with Crippen molar-refractivity contribution in [3.05, 3.63) is 29.8 Å². The highest BCUT2D eigenvalue weighted by atomic mass is 16.5. The number of benzene rings is 1. The predicted molar refractivity (Wildman–Crippen MR) is 90.9 cm³/mol. The fourth-order valence-electron chi connectivity index (χ4n) is 3.81. The van der Waals surface area contributed by atoms with Gasteiger partial charge in [0, 0.05) is 0 Å². The summed E-state index contributed by atoms with van der Waals surface area (Å²) >= 11 is 0. The normalized spacial score (nSPS) is 25.8. The van der Waals surface area contributed by atoms with Crippen LogP contribution in [0.1, 0.15) is 71.3 Å². The number of aryl methyl sites for hydroxylation is 1. The van der Waals surface area contributed by atoms with Gasteiger partial charge in [0.15, 0.2) is 0 Å². The summed E-state index contributed by atoms with van der Waals surface area (Å²) in [5, 5.41) is 0. The lowest BCUT2D eigenvalue weighted by atomic mass is 9.68. The van der Waals surface area contributed by atoms with Crippen molar-refractivity contribution >= 4 is 0 Å². The number of hydrogen-bond acceptors (Lipinski definition) is 1. The first-order valence-corrected chi connectivity index (χ1v) is 8.87. The third kappa shape index (κ3) is 5.05. The molecule has 1 fully saturated rings. The lowest BCUT2D eigenvalue weighted by molar-refractivity contribution is 0.151. The molecular weight excluding hydrogens is 256 g/mol. The maximum atomic E-state index is 5.50. The van der Waals surface area contributed by atoms with Gasteiger partial charge in [-0.3, -0.25) is 0 Å². The molecule has 0 unspecified atom stereocenters. The topological polar surface area (TPSA) is 9.23 Å². The molecule has 0 amide bonds. The minimum atomic E-state index is 0.643. The largest absolute Gasteiger partial charge is 0.494 e. The summed E-state index contributed by atoms with van der Waals surface area (Å²) in [6, 6.07) is 8.68. The number of rotatable bonds is 7. The first kappa shape index (κ1) is 16.4. The molecule has 0 aliphatic heterocycles. The Kier molecular flexibility index (Phi) is 6.14. The van der Waals surface area contributed by atoms with Gasteiger partial charge in [0.2, 0.25) is 0 Å². The summed E-state index contributed by atoms with van der Waals surface area (Å²) in [6.07, 6.45) is 11.1. The van der Waals surface area contributed by atoms with Crippen LogP contribution in [-0.2, 0) is 6.42 Å². The maximum absolute atomic E-state index is 5.50. The monoisotopic (exact) mass is 288 g/mol. The molecule has 1 saturated carbocycles. The van der Waals surface area contributed by atoms with E-state index >= 15 is 0 Å². The van der Waals surface area contributed by atoms with Gasteiger partial charge in [-0.05, 0) is 80.9 Å². The molecule has 1 aromatic rings. The van der Waals surface area contributed by atoms with E-state index in [1.54, 1.807) is 0 Å². The van der Waals surface area contributed by atoms with E-state index in [1.807, 2.05) is 6.92 Å². The van der Waals surface area contributed by atoms with E-state index in [4.69, 9.17) is 4.74 Å². The molecule has 0 spiro atoms. The molecule has 0 saturated heterocycles. The second-order valence-corrected chi connectivity index (χ2v) is 7.12. The van der Waals surface area contributed by atoms with E-state index < -0.39 is 0 Å². The third-order valence-corrected chi connectivity index (χ3v) is 5.24. The van der Waals surface area contributed by atoms with Gasteiger partial charge in [0.1, 0.15) is 5.75 Å². The smallest absolute Gasteiger partial charge is 0.119 e. The van der Waals surface area contributed by atoms with Crippen LogP contribution in [0.2, 0.25) is 0 Å². The molecule has 1 aromatic carbocycles. The Labute approximate surface area is 131 Å². The van der Waals surface area contributed by atoms with Crippen molar-refractivity contribution in [2.45, 2.75) is 72.1 Å². The SMILES string of the molecule is CCC[C@]1(C)CC[C@H](CCc2ccc(OCC)cc2)CC1. The van der Waals surface area contributed by atoms with Gasteiger partial charge in [-0.15, -0.1) is 0 Å². The summed E-state index contributed by atoms with van der Waals surface area (Å²) in [7, 11) is 0. The molecule has 0 N–H and O–H groups in total. The van der Waals surface area contributed by atoms with Crippen LogP contribution in [0.4, 0.5) is 0 Å². The Hall–Kier alpha value is -0.980. The van der Waals surface area contributed by atoms with Gasteiger partial charge in [0.25, 0.3) is 0 Å². The minimum Gasteiger partial charge on any atom is -0.494 e. The van der Waals surface area contributed by atoms with Gasteiger partial charge >= 0.3 is 0 Å². The minimum absolute atomic E-state index is 0.643. The number of hydrogen-bond donors (Lipinski definition) is 0. The van der Waals surface area contributed by atoms with Crippen molar-refractivity contribution in [3.8, 4) is 5.75 Å². The lowest BCUT2D eigenvalue weighted by Crippen LogP contribution is -2.24. The Balaban J connectivity index is 1.74. The summed E-state index contributed by atoms with van der Waals surface area (Å²) in [5.74, 6) is 1.94. The zero-order valence-electron chi connectivity index (χ0n) is 14.2. The predicted octanol–water partition coefficient (Wildman–Crippen LogP) is 6.01. The highest BCUT2D eigenvalue weighted by Crippen LogP contribution is 2.43. The second kappa shape index (κ2) is 7.87. The molecule has 118 valence electrons. The van der Waals surface area contributed by atoms with Crippen LogP contribution in [0.25, 0.3) is 0 Å². The first-order valence-electron chi connectivity index (χ1n) is 8.87. The fraction of sp³-hybridized carbons (Fsp3) is 0.700. The van der Waals surface area contributed by atoms with Crippen molar-refractivity contribution < 1.29 is 4.74 Å². The van der Waals surface area contributed by atoms with Gasteiger partial charge in [-0.25, -0.2) is 0 Å². The molecule has 1 aliphatic carbocycles. The highest BCUT2D eigenvalue weighted by molar-refractivity contribution is 5.27. The van der Waals surface area contributed by atoms with Crippen molar-refractivity contribution in [3.63, 3.8) is 0 Å². The molecule has 0 atom stereocenters. The second-order valence-electron chi connectivity index (χ2n) is 7.12.